The number of para-hydroxylation sites is 1. The van der Waals surface area contributed by atoms with Crippen LogP contribution in [0.2, 0.25) is 0 Å². The fourth-order valence-electron chi connectivity index (χ4n) is 1.94. The Balaban J connectivity index is 1.72. The van der Waals surface area contributed by atoms with Crippen molar-refractivity contribution < 1.29 is 4.79 Å². The van der Waals surface area contributed by atoms with E-state index in [1.54, 1.807) is 19.4 Å². The first-order valence-electron chi connectivity index (χ1n) is 6.20. The summed E-state index contributed by atoms with van der Waals surface area (Å²) in [6, 6.07) is 9.88. The Bertz CT molecular complexity index is 765. The molecule has 0 aliphatic carbocycles. The Morgan fingerprint density at radius 3 is 3.00 bits per heavy atom. The van der Waals surface area contributed by atoms with Crippen LogP contribution in [0.15, 0.2) is 42.7 Å². The molecule has 0 saturated heterocycles. The number of aromatic nitrogens is 4. The lowest BCUT2D eigenvalue weighted by molar-refractivity contribution is 0.0946. The van der Waals surface area contributed by atoms with Crippen LogP contribution >= 0.6 is 0 Å². The number of nitrogens with one attached hydrogen (secondary N) is 1. The second-order valence-corrected chi connectivity index (χ2v) is 4.50. The largest absolute Gasteiger partial charge is 0.346 e. The average molecular weight is 267 g/mol. The molecule has 100 valence electrons. The van der Waals surface area contributed by atoms with E-state index in [0.717, 1.165) is 16.5 Å². The van der Waals surface area contributed by atoms with Crippen LogP contribution in [-0.4, -0.2) is 25.9 Å². The zero-order valence-electron chi connectivity index (χ0n) is 10.9. The Hall–Kier alpha value is -2.76. The molecule has 1 N–H and O–H groups in total. The normalized spacial score (nSPS) is 10.7. The predicted molar refractivity (Wildman–Crippen MR) is 73.9 cm³/mol. The van der Waals surface area contributed by atoms with Gasteiger partial charge in [0.25, 0.3) is 5.91 Å². The third kappa shape index (κ3) is 2.49. The van der Waals surface area contributed by atoms with Gasteiger partial charge in [-0.15, -0.1) is 5.10 Å². The maximum atomic E-state index is 11.8. The van der Waals surface area contributed by atoms with Crippen LogP contribution in [0.5, 0.6) is 0 Å². The van der Waals surface area contributed by atoms with Gasteiger partial charge in [0.15, 0.2) is 5.69 Å². The molecular weight excluding hydrogens is 254 g/mol. The van der Waals surface area contributed by atoms with Crippen LogP contribution < -0.4 is 5.32 Å². The summed E-state index contributed by atoms with van der Waals surface area (Å²) in [5, 5.41) is 11.3. The Labute approximate surface area is 115 Å². The van der Waals surface area contributed by atoms with Crippen molar-refractivity contribution in [2.45, 2.75) is 6.54 Å². The van der Waals surface area contributed by atoms with Crippen molar-refractivity contribution in [3.8, 4) is 0 Å². The summed E-state index contributed by atoms with van der Waals surface area (Å²) in [5.74, 6) is -0.244. The fraction of sp³-hybridized carbons (Fsp3) is 0.143. The molecule has 2 aromatic heterocycles. The van der Waals surface area contributed by atoms with E-state index in [9.17, 15) is 4.79 Å². The molecule has 0 fully saturated rings. The molecule has 0 aliphatic heterocycles. The van der Waals surface area contributed by atoms with Crippen molar-refractivity contribution >= 4 is 16.8 Å². The molecule has 2 heterocycles. The zero-order valence-corrected chi connectivity index (χ0v) is 10.9. The van der Waals surface area contributed by atoms with Crippen molar-refractivity contribution in [2.75, 3.05) is 0 Å². The van der Waals surface area contributed by atoms with Gasteiger partial charge in [-0.1, -0.05) is 23.4 Å². The van der Waals surface area contributed by atoms with E-state index < -0.39 is 0 Å². The first-order valence-corrected chi connectivity index (χ1v) is 6.20. The highest BCUT2D eigenvalue weighted by molar-refractivity contribution is 5.91. The third-order valence-corrected chi connectivity index (χ3v) is 2.94. The van der Waals surface area contributed by atoms with Crippen molar-refractivity contribution in [3.05, 3.63) is 54.0 Å². The summed E-state index contributed by atoms with van der Waals surface area (Å²) >= 11 is 0. The smallest absolute Gasteiger partial charge is 0.273 e. The van der Waals surface area contributed by atoms with Crippen LogP contribution in [-0.2, 0) is 13.6 Å². The summed E-state index contributed by atoms with van der Waals surface area (Å²) in [6.07, 6.45) is 3.34. The lowest BCUT2D eigenvalue weighted by Crippen LogP contribution is -2.23. The fourth-order valence-corrected chi connectivity index (χ4v) is 1.94. The van der Waals surface area contributed by atoms with Gasteiger partial charge in [-0.3, -0.25) is 14.5 Å². The molecule has 1 aromatic carbocycles. The number of amides is 1. The molecule has 0 saturated carbocycles. The molecule has 0 spiro atoms. The number of benzene rings is 1. The minimum absolute atomic E-state index is 0.244. The molecule has 20 heavy (non-hydrogen) atoms. The summed E-state index contributed by atoms with van der Waals surface area (Å²) in [6.45, 7) is 0.410. The molecule has 3 aromatic rings. The molecule has 0 atom stereocenters. The predicted octanol–water partition coefficient (Wildman–Crippen LogP) is 1.29. The zero-order chi connectivity index (χ0) is 13.9. The van der Waals surface area contributed by atoms with Gasteiger partial charge in [-0.05, 0) is 17.7 Å². The SMILES string of the molecule is Cn1cc(C(=O)NCc2cnc3ccccc3c2)nn1. The molecule has 0 unspecified atom stereocenters. The third-order valence-electron chi connectivity index (χ3n) is 2.94. The van der Waals surface area contributed by atoms with E-state index >= 15 is 0 Å². The highest BCUT2D eigenvalue weighted by Crippen LogP contribution is 2.12. The van der Waals surface area contributed by atoms with Gasteiger partial charge in [0.05, 0.1) is 11.7 Å². The standard InChI is InChI=1S/C14H13N5O/c1-19-9-13(17-18-19)14(20)16-8-10-6-11-4-2-3-5-12(11)15-7-10/h2-7,9H,8H2,1H3,(H,16,20). The summed E-state index contributed by atoms with van der Waals surface area (Å²) in [4.78, 5) is 16.2. The molecule has 1 amide bonds. The number of carbonyl (C=O) groups is 1. The minimum Gasteiger partial charge on any atom is -0.346 e. The average Bonchev–Trinajstić information content (AvgIpc) is 2.91. The second kappa shape index (κ2) is 5.08. The van der Waals surface area contributed by atoms with Crippen LogP contribution in [0.25, 0.3) is 10.9 Å². The number of nitrogens with zero attached hydrogens (tertiary/aromatic N) is 4. The number of carbonyl (C=O) groups excluding carboxylic acids is 1. The Morgan fingerprint density at radius 1 is 1.35 bits per heavy atom. The molecule has 6 heteroatoms. The number of hydrogen-bond donors (Lipinski definition) is 1. The van der Waals surface area contributed by atoms with Gasteiger partial charge in [-0.25, -0.2) is 0 Å². The molecule has 0 aliphatic rings. The number of aryl methyl sites for hydroxylation is 1. The highest BCUT2D eigenvalue weighted by atomic mass is 16.2. The lowest BCUT2D eigenvalue weighted by Gasteiger charge is -2.04. The van der Waals surface area contributed by atoms with Gasteiger partial charge < -0.3 is 5.32 Å². The number of fused-ring (bicyclic) bond motifs is 1. The first-order chi connectivity index (χ1) is 9.72. The Kier molecular flexibility index (Phi) is 3.12. The van der Waals surface area contributed by atoms with E-state index in [1.807, 2.05) is 30.3 Å². The van der Waals surface area contributed by atoms with Gasteiger partial charge in [-0.2, -0.15) is 0 Å². The molecule has 6 nitrogen and oxygen atoms in total. The van der Waals surface area contributed by atoms with E-state index in [-0.39, 0.29) is 5.91 Å². The van der Waals surface area contributed by atoms with Crippen LogP contribution in [0, 0.1) is 0 Å². The summed E-state index contributed by atoms with van der Waals surface area (Å²) in [5.41, 5.74) is 2.19. The maximum Gasteiger partial charge on any atom is 0.273 e. The van der Waals surface area contributed by atoms with Crippen LogP contribution in [0.1, 0.15) is 16.1 Å². The molecule has 0 radical (unpaired) electrons. The Morgan fingerprint density at radius 2 is 2.20 bits per heavy atom. The first kappa shape index (κ1) is 12.3. The minimum atomic E-state index is -0.244. The maximum absolute atomic E-state index is 11.8. The topological polar surface area (TPSA) is 72.7 Å². The van der Waals surface area contributed by atoms with Crippen molar-refractivity contribution in [3.63, 3.8) is 0 Å². The molecular formula is C14H13N5O. The van der Waals surface area contributed by atoms with Crippen molar-refractivity contribution in [1.82, 2.24) is 25.3 Å². The summed E-state index contributed by atoms with van der Waals surface area (Å²) in [7, 11) is 1.72. The lowest BCUT2D eigenvalue weighted by atomic mass is 10.1. The monoisotopic (exact) mass is 267 g/mol. The number of hydrogen-bond acceptors (Lipinski definition) is 4. The number of rotatable bonds is 3. The van der Waals surface area contributed by atoms with Gasteiger partial charge in [0.2, 0.25) is 0 Å². The molecule has 3 rings (SSSR count). The molecule has 0 bridgehead atoms. The van der Waals surface area contributed by atoms with E-state index in [0.29, 0.717) is 12.2 Å². The van der Waals surface area contributed by atoms with Gasteiger partial charge in [0.1, 0.15) is 0 Å². The second-order valence-electron chi connectivity index (χ2n) is 4.50. The van der Waals surface area contributed by atoms with Crippen molar-refractivity contribution in [1.29, 1.82) is 0 Å². The number of pyridine rings is 1. The van der Waals surface area contributed by atoms with E-state index in [1.165, 1.54) is 4.68 Å². The van der Waals surface area contributed by atoms with Crippen LogP contribution in [0.4, 0.5) is 0 Å². The summed E-state index contributed by atoms with van der Waals surface area (Å²) < 4.78 is 1.49. The van der Waals surface area contributed by atoms with Gasteiger partial charge in [0, 0.05) is 25.2 Å². The van der Waals surface area contributed by atoms with Gasteiger partial charge >= 0.3 is 0 Å². The quantitative estimate of drug-likeness (QED) is 0.776. The van der Waals surface area contributed by atoms with E-state index in [4.69, 9.17) is 0 Å². The highest BCUT2D eigenvalue weighted by Gasteiger charge is 2.09. The van der Waals surface area contributed by atoms with Crippen molar-refractivity contribution in [2.24, 2.45) is 7.05 Å². The van der Waals surface area contributed by atoms with Crippen LogP contribution in [0.3, 0.4) is 0 Å². The van der Waals surface area contributed by atoms with E-state index in [2.05, 4.69) is 20.6 Å².